The van der Waals surface area contributed by atoms with Gasteiger partial charge in [0.1, 0.15) is 0 Å². The van der Waals surface area contributed by atoms with E-state index in [9.17, 15) is 9.59 Å². The Morgan fingerprint density at radius 3 is 2.50 bits per heavy atom. The van der Waals surface area contributed by atoms with Gasteiger partial charge in [0.05, 0.1) is 10.6 Å². The average molecular weight is 342 g/mol. The molecule has 24 heavy (non-hydrogen) atoms. The first-order valence-corrected chi connectivity index (χ1v) is 7.94. The highest BCUT2D eigenvalue weighted by Gasteiger charge is 2.25. The molecule has 0 unspecified atom stereocenters. The molecule has 1 heterocycles. The van der Waals surface area contributed by atoms with Crippen molar-refractivity contribution < 1.29 is 14.3 Å². The maximum absolute atomic E-state index is 12.8. The molecule has 0 spiro atoms. The number of halogens is 1. The largest absolute Gasteiger partial charge is 0.451 e. The van der Waals surface area contributed by atoms with Crippen LogP contribution in [-0.2, 0) is 4.74 Å². The number of nitrogens with one attached hydrogen (secondary N) is 1. The molecule has 4 nitrogen and oxygen atoms in total. The van der Waals surface area contributed by atoms with Crippen molar-refractivity contribution in [2.24, 2.45) is 0 Å². The molecule has 0 bridgehead atoms. The topological polar surface area (TPSA) is 59.2 Å². The Morgan fingerprint density at radius 1 is 1.08 bits per heavy atom. The molecular weight excluding hydrogens is 326 g/mol. The Kier molecular flexibility index (Phi) is 4.40. The predicted octanol–water partition coefficient (Wildman–Crippen LogP) is 4.56. The van der Waals surface area contributed by atoms with Gasteiger partial charge in [-0.25, -0.2) is 4.79 Å². The van der Waals surface area contributed by atoms with Gasteiger partial charge in [0, 0.05) is 22.2 Å². The van der Waals surface area contributed by atoms with Crippen LogP contribution in [0.4, 0.5) is 0 Å². The molecule has 0 amide bonds. The summed E-state index contributed by atoms with van der Waals surface area (Å²) in [5.74, 6) is -0.857. The van der Waals surface area contributed by atoms with E-state index in [1.807, 2.05) is 31.2 Å². The Bertz CT molecular complexity index is 929. The first-order chi connectivity index (χ1) is 11.5. The number of ketones is 1. The highest BCUT2D eigenvalue weighted by atomic mass is 35.5. The number of esters is 1. The third-order valence-electron chi connectivity index (χ3n) is 3.89. The summed E-state index contributed by atoms with van der Waals surface area (Å²) in [4.78, 5) is 28.2. The summed E-state index contributed by atoms with van der Waals surface area (Å²) < 4.78 is 5.32. The quantitative estimate of drug-likeness (QED) is 0.559. The third-order valence-corrected chi connectivity index (χ3v) is 4.22. The summed E-state index contributed by atoms with van der Waals surface area (Å²) in [5.41, 5.74) is 2.42. The second-order valence-electron chi connectivity index (χ2n) is 5.56. The number of hydrogen-bond acceptors (Lipinski definition) is 3. The smallest absolute Gasteiger partial charge is 0.340 e. The molecule has 1 aromatic heterocycles. The Labute approximate surface area is 144 Å². The fourth-order valence-corrected chi connectivity index (χ4v) is 2.91. The van der Waals surface area contributed by atoms with Crippen LogP contribution in [-0.4, -0.2) is 22.8 Å². The molecule has 1 atom stereocenters. The van der Waals surface area contributed by atoms with Crippen LogP contribution in [0.5, 0.6) is 0 Å². The number of H-pyrrole nitrogens is 1. The maximum atomic E-state index is 12.8. The van der Waals surface area contributed by atoms with Gasteiger partial charge in [-0.1, -0.05) is 41.9 Å². The average Bonchev–Trinajstić information content (AvgIpc) is 2.90. The number of Topliss-reactive ketones (excluding diaryl/α,β-unsaturated/α-hetero) is 1. The number of carbonyl (C=O) groups is 2. The number of hydrogen-bond donors (Lipinski definition) is 1. The van der Waals surface area contributed by atoms with E-state index in [4.69, 9.17) is 16.3 Å². The van der Waals surface area contributed by atoms with Crippen LogP contribution in [0, 0.1) is 6.92 Å². The first kappa shape index (κ1) is 16.3. The third kappa shape index (κ3) is 2.93. The van der Waals surface area contributed by atoms with E-state index in [-0.39, 0.29) is 11.3 Å². The molecular formula is C19H16ClNO3. The lowest BCUT2D eigenvalue weighted by molar-refractivity contribution is 0.0319. The van der Waals surface area contributed by atoms with Crippen molar-refractivity contribution in [3.63, 3.8) is 0 Å². The number of fused-ring (bicyclic) bond motifs is 1. The lowest BCUT2D eigenvalue weighted by Crippen LogP contribution is -2.25. The van der Waals surface area contributed by atoms with Crippen LogP contribution in [0.3, 0.4) is 0 Å². The molecule has 0 aliphatic rings. The number of carbonyl (C=O) groups excluding carboxylic acids is 2. The van der Waals surface area contributed by atoms with Crippen LogP contribution < -0.4 is 0 Å². The minimum atomic E-state index is -0.910. The molecule has 122 valence electrons. The van der Waals surface area contributed by atoms with Crippen molar-refractivity contribution >= 4 is 34.3 Å². The number of ether oxygens (including phenoxy) is 1. The zero-order valence-electron chi connectivity index (χ0n) is 13.3. The van der Waals surface area contributed by atoms with Crippen molar-refractivity contribution in [2.45, 2.75) is 20.0 Å². The standard InChI is InChI=1S/C19H16ClNO3/c1-11-17(14-8-4-6-10-16(14)21-11)18(22)12(2)24-19(23)13-7-3-5-9-15(13)20/h3-10,12,21H,1-2H3/t12-/m0/s1. The van der Waals surface area contributed by atoms with Gasteiger partial charge < -0.3 is 9.72 Å². The lowest BCUT2D eigenvalue weighted by Gasteiger charge is -2.13. The first-order valence-electron chi connectivity index (χ1n) is 7.56. The molecule has 2 aromatic carbocycles. The SMILES string of the molecule is Cc1[nH]c2ccccc2c1C(=O)[C@H](C)OC(=O)c1ccccc1Cl. The van der Waals surface area contributed by atoms with Gasteiger partial charge in [0.25, 0.3) is 0 Å². The number of benzene rings is 2. The van der Waals surface area contributed by atoms with Crippen molar-refractivity contribution in [1.29, 1.82) is 0 Å². The second kappa shape index (κ2) is 6.49. The summed E-state index contributed by atoms with van der Waals surface area (Å²) in [6.07, 6.45) is -0.910. The highest BCUT2D eigenvalue weighted by molar-refractivity contribution is 6.33. The van der Waals surface area contributed by atoms with E-state index in [0.717, 1.165) is 16.6 Å². The minimum absolute atomic E-state index is 0.245. The molecule has 3 rings (SSSR count). The molecule has 5 heteroatoms. The van der Waals surface area contributed by atoms with E-state index in [2.05, 4.69) is 4.98 Å². The molecule has 0 saturated heterocycles. The molecule has 0 saturated carbocycles. The summed E-state index contributed by atoms with van der Waals surface area (Å²) in [5, 5.41) is 1.12. The fourth-order valence-electron chi connectivity index (χ4n) is 2.70. The van der Waals surface area contributed by atoms with Crippen LogP contribution in [0.15, 0.2) is 48.5 Å². The van der Waals surface area contributed by atoms with E-state index < -0.39 is 12.1 Å². The second-order valence-corrected chi connectivity index (χ2v) is 5.97. The van der Waals surface area contributed by atoms with Crippen LogP contribution in [0.2, 0.25) is 5.02 Å². The van der Waals surface area contributed by atoms with Crippen LogP contribution in [0.1, 0.15) is 33.3 Å². The van der Waals surface area contributed by atoms with Crippen molar-refractivity contribution in [1.82, 2.24) is 4.98 Å². The normalized spacial score (nSPS) is 12.1. The van der Waals surface area contributed by atoms with Gasteiger partial charge in [0.2, 0.25) is 5.78 Å². The van der Waals surface area contributed by atoms with Crippen molar-refractivity contribution in [2.75, 3.05) is 0 Å². The summed E-state index contributed by atoms with van der Waals surface area (Å²) in [6.45, 7) is 3.40. The van der Waals surface area contributed by atoms with Gasteiger partial charge in [0.15, 0.2) is 6.10 Å². The molecule has 1 N–H and O–H groups in total. The molecule has 0 radical (unpaired) electrons. The Hall–Kier alpha value is -2.59. The summed E-state index contributed by atoms with van der Waals surface area (Å²) in [7, 11) is 0. The fraction of sp³-hybridized carbons (Fsp3) is 0.158. The summed E-state index contributed by atoms with van der Waals surface area (Å²) >= 11 is 5.99. The minimum Gasteiger partial charge on any atom is -0.451 e. The van der Waals surface area contributed by atoms with E-state index in [1.54, 1.807) is 31.2 Å². The Morgan fingerprint density at radius 2 is 1.75 bits per heavy atom. The number of aromatic nitrogens is 1. The highest BCUT2D eigenvalue weighted by Crippen LogP contribution is 2.24. The van der Waals surface area contributed by atoms with Gasteiger partial charge in [-0.2, -0.15) is 0 Å². The molecule has 0 fully saturated rings. The monoisotopic (exact) mass is 341 g/mol. The zero-order valence-corrected chi connectivity index (χ0v) is 14.1. The van der Waals surface area contributed by atoms with Gasteiger partial charge in [-0.05, 0) is 32.0 Å². The maximum Gasteiger partial charge on any atom is 0.340 e. The van der Waals surface area contributed by atoms with Gasteiger partial charge >= 0.3 is 5.97 Å². The van der Waals surface area contributed by atoms with Crippen LogP contribution >= 0.6 is 11.6 Å². The number of aryl methyl sites for hydroxylation is 1. The van der Waals surface area contributed by atoms with Crippen molar-refractivity contribution in [3.8, 4) is 0 Å². The van der Waals surface area contributed by atoms with Gasteiger partial charge in [-0.15, -0.1) is 0 Å². The number of para-hydroxylation sites is 1. The van der Waals surface area contributed by atoms with Gasteiger partial charge in [-0.3, -0.25) is 4.79 Å². The van der Waals surface area contributed by atoms with Crippen molar-refractivity contribution in [3.05, 3.63) is 70.4 Å². The number of rotatable bonds is 4. The zero-order chi connectivity index (χ0) is 17.3. The van der Waals surface area contributed by atoms with Crippen LogP contribution in [0.25, 0.3) is 10.9 Å². The molecule has 0 aliphatic heterocycles. The van der Waals surface area contributed by atoms with E-state index >= 15 is 0 Å². The lowest BCUT2D eigenvalue weighted by atomic mass is 10.0. The molecule has 3 aromatic rings. The Balaban J connectivity index is 1.86. The summed E-state index contributed by atoms with van der Waals surface area (Å²) in [6, 6.07) is 14.1. The molecule has 0 aliphatic carbocycles. The number of aromatic amines is 1. The van der Waals surface area contributed by atoms with E-state index in [0.29, 0.717) is 10.6 Å². The predicted molar refractivity (Wildman–Crippen MR) is 93.7 cm³/mol. The van der Waals surface area contributed by atoms with E-state index in [1.165, 1.54) is 0 Å².